The molecule has 9 nitrogen and oxygen atoms in total. The molecule has 39 heavy (non-hydrogen) atoms. The lowest BCUT2D eigenvalue weighted by Crippen LogP contribution is -2.22. The van der Waals surface area contributed by atoms with Crippen LogP contribution in [0.15, 0.2) is 67.4 Å². The van der Waals surface area contributed by atoms with E-state index < -0.39 is 8.07 Å². The highest BCUT2D eigenvalue weighted by atomic mass is 28.3. The van der Waals surface area contributed by atoms with Gasteiger partial charge in [-0.3, -0.25) is 9.97 Å². The van der Waals surface area contributed by atoms with Gasteiger partial charge in [-0.2, -0.15) is 10.2 Å². The van der Waals surface area contributed by atoms with E-state index in [1.807, 2.05) is 59.7 Å². The monoisotopic (exact) mass is 538 g/mol. The van der Waals surface area contributed by atoms with Gasteiger partial charge in [0.2, 0.25) is 0 Å². The molecule has 0 amide bonds. The predicted octanol–water partition coefficient (Wildman–Crippen LogP) is 6.52. The number of aromatic nitrogens is 7. The summed E-state index contributed by atoms with van der Waals surface area (Å²) in [7, 11) is -1.16. The first-order valence-electron chi connectivity index (χ1n) is 13.2. The predicted molar refractivity (Wildman–Crippen MR) is 157 cm³/mol. The van der Waals surface area contributed by atoms with Crippen molar-refractivity contribution >= 4 is 30.7 Å². The molecule has 0 saturated carbocycles. The van der Waals surface area contributed by atoms with E-state index >= 15 is 0 Å². The normalized spacial score (nSPS) is 11.8. The van der Waals surface area contributed by atoms with Gasteiger partial charge in [-0.1, -0.05) is 33.5 Å². The molecular formula is C29H34N8OSi. The Morgan fingerprint density at radius 2 is 1.85 bits per heavy atom. The van der Waals surface area contributed by atoms with Crippen LogP contribution in [0.4, 0.5) is 11.6 Å². The number of hydrogen-bond donors (Lipinski definition) is 1. The van der Waals surface area contributed by atoms with Crippen molar-refractivity contribution in [1.82, 2.24) is 34.9 Å². The molecule has 0 spiro atoms. The third-order valence-electron chi connectivity index (χ3n) is 6.36. The zero-order chi connectivity index (χ0) is 27.4. The third-order valence-corrected chi connectivity index (χ3v) is 8.07. The van der Waals surface area contributed by atoms with E-state index in [9.17, 15) is 0 Å². The highest BCUT2D eigenvalue weighted by Gasteiger charge is 2.16. The van der Waals surface area contributed by atoms with E-state index in [1.54, 1.807) is 12.4 Å². The fourth-order valence-corrected chi connectivity index (χ4v) is 4.82. The van der Waals surface area contributed by atoms with E-state index in [4.69, 9.17) is 19.8 Å². The maximum atomic E-state index is 5.97. The second-order valence-electron chi connectivity index (χ2n) is 11.1. The minimum absolute atomic E-state index is 0.359. The molecule has 5 aromatic heterocycles. The van der Waals surface area contributed by atoms with Crippen molar-refractivity contribution in [3.63, 3.8) is 0 Å². The molecule has 0 fully saturated rings. The summed E-state index contributed by atoms with van der Waals surface area (Å²) in [5.41, 5.74) is 6.30. The van der Waals surface area contributed by atoms with Crippen molar-refractivity contribution in [1.29, 1.82) is 0 Å². The van der Waals surface area contributed by atoms with Gasteiger partial charge in [0, 0.05) is 56.2 Å². The topological polar surface area (TPSA) is 104 Å². The van der Waals surface area contributed by atoms with Crippen LogP contribution in [0.5, 0.6) is 0 Å². The van der Waals surface area contributed by atoms with Gasteiger partial charge in [0.25, 0.3) is 0 Å². The first-order valence-corrected chi connectivity index (χ1v) is 16.9. The molecule has 0 aliphatic rings. The van der Waals surface area contributed by atoms with Gasteiger partial charge >= 0.3 is 0 Å². The summed E-state index contributed by atoms with van der Waals surface area (Å²) >= 11 is 0. The van der Waals surface area contributed by atoms with Crippen molar-refractivity contribution in [2.45, 2.75) is 52.2 Å². The molecule has 0 unspecified atom stereocenters. The van der Waals surface area contributed by atoms with Crippen molar-refractivity contribution in [3.8, 4) is 22.4 Å². The summed E-state index contributed by atoms with van der Waals surface area (Å²) in [6.07, 6.45) is 9.24. The average Bonchev–Trinajstić information content (AvgIpc) is 3.35. The molecule has 0 radical (unpaired) electrons. The van der Waals surface area contributed by atoms with Crippen molar-refractivity contribution in [3.05, 3.63) is 72.9 Å². The van der Waals surface area contributed by atoms with Crippen LogP contribution in [-0.4, -0.2) is 49.6 Å². The van der Waals surface area contributed by atoms with Gasteiger partial charge in [0.15, 0.2) is 5.82 Å². The standard InChI is InChI=1S/C29H34N8OSi/c1-20(2)22-14-28(35-32-17-22)34-27-9-8-25-26(33-27)13-23(16-31-25)24-18-37(19-38-11-12-39(3,4)5)36-29(24)21-7-6-10-30-15-21/h6-10,13-18,20H,11-12,19H2,1-5H3,(H,33,34,35). The SMILES string of the molecule is CC(C)c1cnnc(Nc2ccc3ncc(-c4cn(COCC[Si](C)(C)C)nc4-c4cccnc4)cc3n2)c1. The molecular weight excluding hydrogens is 504 g/mol. The Labute approximate surface area is 229 Å². The summed E-state index contributed by atoms with van der Waals surface area (Å²) in [4.78, 5) is 13.8. The summed E-state index contributed by atoms with van der Waals surface area (Å²) < 4.78 is 7.82. The summed E-state index contributed by atoms with van der Waals surface area (Å²) in [5.74, 6) is 1.69. The highest BCUT2D eigenvalue weighted by molar-refractivity contribution is 6.76. The van der Waals surface area contributed by atoms with Gasteiger partial charge < -0.3 is 10.1 Å². The lowest BCUT2D eigenvalue weighted by atomic mass is 10.0. The Balaban J connectivity index is 1.45. The number of nitrogens with zero attached hydrogens (tertiary/aromatic N) is 7. The van der Waals surface area contributed by atoms with E-state index in [2.05, 4.69) is 54.0 Å². The second kappa shape index (κ2) is 11.4. The van der Waals surface area contributed by atoms with Gasteiger partial charge in [-0.25, -0.2) is 9.67 Å². The van der Waals surface area contributed by atoms with Crippen LogP contribution in [0.2, 0.25) is 25.7 Å². The number of rotatable bonds is 10. The largest absolute Gasteiger partial charge is 0.360 e. The highest BCUT2D eigenvalue weighted by Crippen LogP contribution is 2.32. The number of pyridine rings is 3. The molecule has 0 saturated heterocycles. The molecule has 200 valence electrons. The van der Waals surface area contributed by atoms with Crippen LogP contribution < -0.4 is 5.32 Å². The molecule has 1 N–H and O–H groups in total. The zero-order valence-corrected chi connectivity index (χ0v) is 24.1. The van der Waals surface area contributed by atoms with Gasteiger partial charge in [-0.15, -0.1) is 5.10 Å². The van der Waals surface area contributed by atoms with Crippen molar-refractivity contribution in [2.24, 2.45) is 0 Å². The molecule has 5 aromatic rings. The van der Waals surface area contributed by atoms with Gasteiger partial charge in [0.1, 0.15) is 18.2 Å². The Morgan fingerprint density at radius 3 is 2.62 bits per heavy atom. The molecule has 0 bridgehead atoms. The lowest BCUT2D eigenvalue weighted by molar-refractivity contribution is 0.0788. The summed E-state index contributed by atoms with van der Waals surface area (Å²) in [5, 5.41) is 16.5. The summed E-state index contributed by atoms with van der Waals surface area (Å²) in [6, 6.07) is 12.9. The van der Waals surface area contributed by atoms with Crippen molar-refractivity contribution in [2.75, 3.05) is 11.9 Å². The van der Waals surface area contributed by atoms with Crippen LogP contribution in [0.25, 0.3) is 33.4 Å². The average molecular weight is 539 g/mol. The van der Waals surface area contributed by atoms with E-state index in [0.717, 1.165) is 51.6 Å². The molecule has 0 aliphatic carbocycles. The second-order valence-corrected chi connectivity index (χ2v) is 16.8. The van der Waals surface area contributed by atoms with Crippen LogP contribution >= 0.6 is 0 Å². The number of hydrogen-bond acceptors (Lipinski definition) is 8. The first kappa shape index (κ1) is 26.6. The molecule has 10 heteroatoms. The first-order chi connectivity index (χ1) is 18.7. The number of anilines is 2. The molecule has 0 aromatic carbocycles. The fourth-order valence-electron chi connectivity index (χ4n) is 4.06. The quantitative estimate of drug-likeness (QED) is 0.158. The smallest absolute Gasteiger partial charge is 0.154 e. The number of nitrogens with one attached hydrogen (secondary N) is 1. The Hall–Kier alpha value is -4.02. The maximum absolute atomic E-state index is 5.97. The van der Waals surface area contributed by atoms with Gasteiger partial charge in [-0.05, 0) is 53.9 Å². The minimum Gasteiger partial charge on any atom is -0.360 e. The molecule has 0 aliphatic heterocycles. The van der Waals surface area contributed by atoms with E-state index in [0.29, 0.717) is 24.3 Å². The lowest BCUT2D eigenvalue weighted by Gasteiger charge is -2.15. The Bertz CT molecular complexity index is 1560. The maximum Gasteiger partial charge on any atom is 0.154 e. The number of fused-ring (bicyclic) bond motifs is 1. The Kier molecular flexibility index (Phi) is 7.76. The zero-order valence-electron chi connectivity index (χ0n) is 23.1. The van der Waals surface area contributed by atoms with Gasteiger partial charge in [0.05, 0.1) is 17.2 Å². The summed E-state index contributed by atoms with van der Waals surface area (Å²) in [6.45, 7) is 12.4. The van der Waals surface area contributed by atoms with E-state index in [-0.39, 0.29) is 0 Å². The third kappa shape index (κ3) is 6.71. The number of ether oxygens (including phenoxy) is 1. The Morgan fingerprint density at radius 1 is 0.974 bits per heavy atom. The molecule has 0 atom stereocenters. The van der Waals surface area contributed by atoms with Crippen LogP contribution in [0.3, 0.4) is 0 Å². The molecule has 5 rings (SSSR count). The molecule has 5 heterocycles. The minimum atomic E-state index is -1.16. The van der Waals surface area contributed by atoms with Crippen LogP contribution in [-0.2, 0) is 11.5 Å². The van der Waals surface area contributed by atoms with E-state index in [1.165, 1.54) is 0 Å². The van der Waals surface area contributed by atoms with Crippen LogP contribution in [0.1, 0.15) is 25.3 Å². The van der Waals surface area contributed by atoms with Crippen molar-refractivity contribution < 1.29 is 4.74 Å². The fraction of sp³-hybridized carbons (Fsp3) is 0.310. The van der Waals surface area contributed by atoms with Crippen LogP contribution in [0, 0.1) is 0 Å².